The maximum Gasteiger partial charge on any atom is 0.111 e. The van der Waals surface area contributed by atoms with E-state index in [4.69, 9.17) is 19.7 Å². The van der Waals surface area contributed by atoms with E-state index in [2.05, 4.69) is 19.6 Å². The smallest absolute Gasteiger partial charge is 0.111 e. The van der Waals surface area contributed by atoms with Crippen LogP contribution in [0.5, 0.6) is 0 Å². The number of rotatable bonds is 14. The van der Waals surface area contributed by atoms with Crippen molar-refractivity contribution in [1.82, 2.24) is 0 Å². The van der Waals surface area contributed by atoms with E-state index in [-0.39, 0.29) is 20.6 Å². The Balaban J connectivity index is 0.000000682. The lowest BCUT2D eigenvalue weighted by Gasteiger charge is -2.40. The molecule has 2 saturated heterocycles. The topological polar surface area (TPSA) is 180 Å². The summed E-state index contributed by atoms with van der Waals surface area (Å²) in [6, 6.07) is 0. The molecule has 10 nitrogen and oxygen atoms in total. The van der Waals surface area contributed by atoms with Crippen LogP contribution in [0, 0.1) is 0 Å². The summed E-state index contributed by atoms with van der Waals surface area (Å²) in [5, 5.41) is 76.1. The fourth-order valence-corrected chi connectivity index (χ4v) is 4.82. The van der Waals surface area contributed by atoms with Crippen molar-refractivity contribution in [3.05, 3.63) is 0 Å². The van der Waals surface area contributed by atoms with E-state index in [1.165, 1.54) is 12.8 Å². The minimum atomic E-state index is -1.25. The third-order valence-corrected chi connectivity index (χ3v) is 7.29. The van der Waals surface area contributed by atoms with E-state index in [0.29, 0.717) is 12.8 Å². The quantitative estimate of drug-likeness (QED) is 0.108. The molecule has 0 aromatic heterocycles. The zero-order valence-corrected chi connectivity index (χ0v) is 22.4. The highest BCUT2D eigenvalue weighted by atomic mass is 32.1. The summed E-state index contributed by atoms with van der Waals surface area (Å²) in [6.07, 6.45) is 1.12. The van der Waals surface area contributed by atoms with Gasteiger partial charge in [-0.25, -0.2) is 0 Å². The van der Waals surface area contributed by atoms with Crippen LogP contribution in [-0.2, 0) is 9.47 Å². The molecular weight excluding hydrogens is 504 g/mol. The van der Waals surface area contributed by atoms with Gasteiger partial charge in [-0.15, -0.1) is 0 Å². The van der Waals surface area contributed by atoms with Gasteiger partial charge in [0.15, 0.2) is 0 Å². The van der Waals surface area contributed by atoms with Gasteiger partial charge in [-0.2, -0.15) is 12.6 Å². The van der Waals surface area contributed by atoms with Gasteiger partial charge in [0.25, 0.3) is 0 Å². The minimum Gasteiger partial charge on any atom is -0.394 e. The van der Waals surface area contributed by atoms with Crippen LogP contribution in [0.4, 0.5) is 0 Å². The van der Waals surface area contributed by atoms with Gasteiger partial charge >= 0.3 is 0 Å². The lowest BCUT2D eigenvalue weighted by atomic mass is 9.92. The first-order valence-electron chi connectivity index (χ1n) is 13.4. The Morgan fingerprint density at radius 2 is 0.865 bits per heavy atom. The first-order valence-corrected chi connectivity index (χ1v) is 14.1. The summed E-state index contributed by atoms with van der Waals surface area (Å²) in [5.41, 5.74) is 0. The van der Waals surface area contributed by atoms with Crippen LogP contribution in [0.25, 0.3) is 0 Å². The molecule has 0 aromatic carbocycles. The van der Waals surface area contributed by atoms with Gasteiger partial charge in [-0.1, -0.05) is 65.7 Å². The van der Waals surface area contributed by atoms with Gasteiger partial charge < -0.3 is 50.3 Å². The van der Waals surface area contributed by atoms with Crippen molar-refractivity contribution in [2.45, 2.75) is 146 Å². The molecule has 0 aliphatic carbocycles. The van der Waals surface area contributed by atoms with Crippen LogP contribution < -0.4 is 0 Å². The van der Waals surface area contributed by atoms with Crippen LogP contribution in [0.15, 0.2) is 0 Å². The van der Waals surface area contributed by atoms with Crippen molar-refractivity contribution < 1.29 is 50.3 Å². The highest BCUT2D eigenvalue weighted by molar-refractivity contribution is 7.80. The normalized spacial score (nSPS) is 35.8. The zero-order chi connectivity index (χ0) is 27.1. The van der Waals surface area contributed by atoms with Crippen LogP contribution >= 0.6 is 12.6 Å². The number of unbranched alkanes of at least 4 members (excludes halogenated alkanes) is 7. The lowest BCUT2D eigenvalue weighted by Crippen LogP contribution is -2.58. The number of aliphatic hydroxyl groups is 8. The highest BCUT2D eigenvalue weighted by Gasteiger charge is 2.43. The molecule has 0 aromatic rings. The van der Waals surface area contributed by atoms with E-state index in [0.717, 1.165) is 50.7 Å². The molecule has 0 saturated carbocycles. The molecule has 37 heavy (non-hydrogen) atoms. The van der Waals surface area contributed by atoms with Crippen molar-refractivity contribution in [1.29, 1.82) is 0 Å². The molecule has 2 rings (SSSR count). The van der Waals surface area contributed by atoms with Crippen molar-refractivity contribution in [2.75, 3.05) is 19.0 Å². The first-order chi connectivity index (χ1) is 17.2. The average Bonchev–Trinajstić information content (AvgIpc) is 2.88. The molecule has 8 N–H and O–H groups in total. The maximum atomic E-state index is 9.81. The van der Waals surface area contributed by atoms with E-state index in [9.17, 15) is 30.6 Å². The van der Waals surface area contributed by atoms with Crippen LogP contribution in [0.1, 0.15) is 85.0 Å². The SMILES string of the molecule is C.CCCCCCC[C@@H]1OC(CO)[C@H](O)[C@H](O)C1O.OCC1O[C@H](CCCCCCS)C(O)[C@@H](O)[C@H]1O. The van der Waals surface area contributed by atoms with Crippen LogP contribution in [-0.4, -0.2) is 121 Å². The Kier molecular flexibility index (Phi) is 20.8. The van der Waals surface area contributed by atoms with Gasteiger partial charge in [0.2, 0.25) is 0 Å². The van der Waals surface area contributed by atoms with Crippen LogP contribution in [0.3, 0.4) is 0 Å². The standard InChI is InChI=1S/C13H26O5.C12H24O5S.CH4/c1-2-3-4-5-6-7-9-11(15)13(17)12(16)10(8-14)18-9;13-7-9-11(15)12(16)10(14)8(17-9)5-3-1-2-4-6-18;/h9-17H,2-8H2,1H3;8-16,18H,1-7H2;1H4/t9-,10?,11?,12-,13+;8-,9?,10?,11+,12-;/m01./s1. The number of aliphatic hydroxyl groups excluding tert-OH is 8. The van der Waals surface area contributed by atoms with E-state index in [1.807, 2.05) is 0 Å². The minimum absolute atomic E-state index is 0. The monoisotopic (exact) mass is 558 g/mol. The summed E-state index contributed by atoms with van der Waals surface area (Å²) >= 11 is 4.13. The third-order valence-electron chi connectivity index (χ3n) is 6.97. The Morgan fingerprint density at radius 1 is 0.514 bits per heavy atom. The fraction of sp³-hybridized carbons (Fsp3) is 1.00. The fourth-order valence-electron chi connectivity index (χ4n) is 4.59. The molecular formula is C26H54O10S. The molecule has 4 unspecified atom stereocenters. The molecule has 2 heterocycles. The van der Waals surface area contributed by atoms with E-state index >= 15 is 0 Å². The molecule has 11 heteroatoms. The predicted octanol–water partition coefficient (Wildman–Crippen LogP) is 0.534. The van der Waals surface area contributed by atoms with Gasteiger partial charge in [0.05, 0.1) is 25.4 Å². The molecule has 0 radical (unpaired) electrons. The van der Waals surface area contributed by atoms with E-state index < -0.39 is 61.0 Å². The summed E-state index contributed by atoms with van der Waals surface area (Å²) < 4.78 is 10.8. The number of hydrogen-bond acceptors (Lipinski definition) is 11. The molecule has 0 amide bonds. The highest BCUT2D eigenvalue weighted by Crippen LogP contribution is 2.26. The predicted molar refractivity (Wildman–Crippen MR) is 145 cm³/mol. The largest absolute Gasteiger partial charge is 0.394 e. The van der Waals surface area contributed by atoms with Crippen molar-refractivity contribution in [2.24, 2.45) is 0 Å². The Labute approximate surface area is 228 Å². The third kappa shape index (κ3) is 12.3. The lowest BCUT2D eigenvalue weighted by molar-refractivity contribution is -0.230. The number of hydrogen-bond donors (Lipinski definition) is 9. The molecule has 0 bridgehead atoms. The summed E-state index contributed by atoms with van der Waals surface area (Å²) in [7, 11) is 0. The molecule has 2 aliphatic rings. The van der Waals surface area contributed by atoms with Crippen molar-refractivity contribution >= 4 is 12.6 Å². The number of ether oxygens (including phenoxy) is 2. The molecule has 10 atom stereocenters. The van der Waals surface area contributed by atoms with Gasteiger partial charge in [0.1, 0.15) is 48.8 Å². The molecule has 224 valence electrons. The molecule has 0 spiro atoms. The second kappa shape index (κ2) is 20.8. The molecule has 2 aliphatic heterocycles. The Morgan fingerprint density at radius 3 is 1.22 bits per heavy atom. The first kappa shape index (κ1) is 37.0. The van der Waals surface area contributed by atoms with Crippen LogP contribution in [0.2, 0.25) is 0 Å². The van der Waals surface area contributed by atoms with Crippen molar-refractivity contribution in [3.8, 4) is 0 Å². The summed E-state index contributed by atoms with van der Waals surface area (Å²) in [5.74, 6) is 0.875. The zero-order valence-electron chi connectivity index (χ0n) is 21.5. The maximum absolute atomic E-state index is 9.81. The second-order valence-corrected chi connectivity index (χ2v) is 10.3. The summed E-state index contributed by atoms with van der Waals surface area (Å²) in [6.45, 7) is 1.44. The average molecular weight is 559 g/mol. The van der Waals surface area contributed by atoms with Gasteiger partial charge in [-0.05, 0) is 25.0 Å². The molecule has 2 fully saturated rings. The Bertz CT molecular complexity index is 495. The van der Waals surface area contributed by atoms with E-state index in [1.54, 1.807) is 0 Å². The summed E-state index contributed by atoms with van der Waals surface area (Å²) in [4.78, 5) is 0. The van der Waals surface area contributed by atoms with Gasteiger partial charge in [0, 0.05) is 0 Å². The number of thiol groups is 1. The Hall–Kier alpha value is -0.0500. The second-order valence-electron chi connectivity index (χ2n) is 9.86. The van der Waals surface area contributed by atoms with Crippen molar-refractivity contribution in [3.63, 3.8) is 0 Å². The van der Waals surface area contributed by atoms with Gasteiger partial charge in [-0.3, -0.25) is 0 Å².